The Kier molecular flexibility index (Phi) is 9.23. The van der Waals surface area contributed by atoms with Crippen LogP contribution in [0.3, 0.4) is 0 Å². The number of methoxy groups -OCH3 is 5. The van der Waals surface area contributed by atoms with E-state index in [0.717, 1.165) is 0 Å². The van der Waals surface area contributed by atoms with Crippen molar-refractivity contribution in [1.82, 2.24) is 9.78 Å². The van der Waals surface area contributed by atoms with Gasteiger partial charge in [0.2, 0.25) is 11.5 Å². The van der Waals surface area contributed by atoms with Crippen LogP contribution in [0.15, 0.2) is 40.8 Å². The Labute approximate surface area is 248 Å². The van der Waals surface area contributed by atoms with E-state index >= 15 is 0 Å². The minimum absolute atomic E-state index is 0.176. The standard InChI is InChI=1S/C30H33N4O9/c1-34(2,17-20-10-13-26(43-20)33(36)37)18-32-28-21(9-8-14-38-3)23(39-4)12-11-22(28)27(31-32)29(35)19-15-24(40-5)30(42-7)25(16-19)41-6/h10-13,15-16H,14,17-18H2,1-7H3/q+1. The first-order valence-electron chi connectivity index (χ1n) is 13.0. The first kappa shape index (κ1) is 30.9. The molecule has 0 unspecified atom stereocenters. The van der Waals surface area contributed by atoms with E-state index in [2.05, 4.69) is 11.8 Å². The quantitative estimate of drug-likeness (QED) is 0.0778. The van der Waals surface area contributed by atoms with Gasteiger partial charge in [-0.3, -0.25) is 14.9 Å². The second-order valence-electron chi connectivity index (χ2n) is 10.1. The summed E-state index contributed by atoms with van der Waals surface area (Å²) in [5.74, 6) is 7.30. The van der Waals surface area contributed by atoms with Crippen LogP contribution in [0.2, 0.25) is 0 Å². The lowest BCUT2D eigenvalue weighted by Gasteiger charge is -2.28. The molecule has 4 rings (SSSR count). The van der Waals surface area contributed by atoms with Crippen LogP contribution in [-0.4, -0.2) is 81.2 Å². The molecular formula is C30H33N4O9+. The molecule has 0 aliphatic rings. The van der Waals surface area contributed by atoms with E-state index in [-0.39, 0.29) is 40.7 Å². The van der Waals surface area contributed by atoms with Gasteiger partial charge in [-0.2, -0.15) is 5.10 Å². The normalized spacial score (nSPS) is 11.1. The molecule has 13 heteroatoms. The highest BCUT2D eigenvalue weighted by molar-refractivity contribution is 6.16. The molecular weight excluding hydrogens is 560 g/mol. The molecule has 43 heavy (non-hydrogen) atoms. The number of hydrogen-bond acceptors (Lipinski definition) is 10. The third kappa shape index (κ3) is 6.40. The first-order valence-corrected chi connectivity index (χ1v) is 13.0. The Morgan fingerprint density at radius 1 is 1.00 bits per heavy atom. The molecule has 0 bridgehead atoms. The number of nitro groups is 1. The number of carbonyl (C=O) groups excluding carboxylic acids is 1. The summed E-state index contributed by atoms with van der Waals surface area (Å²) in [6.07, 6.45) is 0. The lowest BCUT2D eigenvalue weighted by Crippen LogP contribution is -2.40. The summed E-state index contributed by atoms with van der Waals surface area (Å²) in [5.41, 5.74) is 1.56. The van der Waals surface area contributed by atoms with E-state index in [1.165, 1.54) is 34.5 Å². The molecule has 2 heterocycles. The largest absolute Gasteiger partial charge is 0.495 e. The summed E-state index contributed by atoms with van der Waals surface area (Å²) in [5, 5.41) is 16.5. The van der Waals surface area contributed by atoms with Gasteiger partial charge in [0, 0.05) is 18.1 Å². The number of ketones is 1. The van der Waals surface area contributed by atoms with Crippen LogP contribution < -0.4 is 18.9 Å². The van der Waals surface area contributed by atoms with Crippen molar-refractivity contribution in [2.45, 2.75) is 13.2 Å². The Balaban J connectivity index is 1.89. The van der Waals surface area contributed by atoms with Crippen LogP contribution >= 0.6 is 0 Å². The number of fused-ring (bicyclic) bond motifs is 1. The van der Waals surface area contributed by atoms with Gasteiger partial charge in [-0.05, 0) is 30.3 Å². The van der Waals surface area contributed by atoms with Crippen LogP contribution in [-0.2, 0) is 18.0 Å². The van der Waals surface area contributed by atoms with E-state index < -0.39 is 4.92 Å². The molecule has 0 saturated carbocycles. The zero-order valence-corrected chi connectivity index (χ0v) is 25.0. The molecule has 0 spiro atoms. The van der Waals surface area contributed by atoms with E-state index in [4.69, 9.17) is 33.2 Å². The monoisotopic (exact) mass is 593 g/mol. The molecule has 226 valence electrons. The summed E-state index contributed by atoms with van der Waals surface area (Å²) in [4.78, 5) is 24.6. The minimum Gasteiger partial charge on any atom is -0.495 e. The summed E-state index contributed by atoms with van der Waals surface area (Å²) in [6, 6.07) is 9.53. The number of carbonyl (C=O) groups is 1. The van der Waals surface area contributed by atoms with Crippen molar-refractivity contribution in [3.63, 3.8) is 0 Å². The van der Waals surface area contributed by atoms with Crippen LogP contribution in [0.4, 0.5) is 5.88 Å². The van der Waals surface area contributed by atoms with Crippen LogP contribution in [0.25, 0.3) is 10.9 Å². The second kappa shape index (κ2) is 12.8. The fraction of sp³-hybridized carbons (Fsp3) is 0.333. The first-order chi connectivity index (χ1) is 20.6. The number of quaternary nitrogens is 1. The molecule has 0 N–H and O–H groups in total. The van der Waals surface area contributed by atoms with Crippen LogP contribution in [0.1, 0.15) is 27.4 Å². The van der Waals surface area contributed by atoms with Gasteiger partial charge in [0.1, 0.15) is 29.5 Å². The predicted molar refractivity (Wildman–Crippen MR) is 156 cm³/mol. The lowest BCUT2D eigenvalue weighted by molar-refractivity contribution is -0.926. The van der Waals surface area contributed by atoms with E-state index in [1.54, 1.807) is 42.1 Å². The molecule has 0 saturated heterocycles. The number of furan rings is 1. The fourth-order valence-electron chi connectivity index (χ4n) is 4.75. The molecule has 2 aromatic heterocycles. The summed E-state index contributed by atoms with van der Waals surface area (Å²) < 4.78 is 34.4. The summed E-state index contributed by atoms with van der Waals surface area (Å²) in [6.45, 7) is 0.739. The maximum absolute atomic E-state index is 14.1. The van der Waals surface area contributed by atoms with Gasteiger partial charge in [0.15, 0.2) is 23.9 Å². The smallest absolute Gasteiger partial charge is 0.433 e. The molecule has 0 atom stereocenters. The van der Waals surface area contributed by atoms with Crippen molar-refractivity contribution in [2.75, 3.05) is 56.3 Å². The maximum Gasteiger partial charge on any atom is 0.433 e. The van der Waals surface area contributed by atoms with Gasteiger partial charge in [0.25, 0.3) is 0 Å². The maximum atomic E-state index is 14.1. The molecule has 2 aromatic carbocycles. The Hall–Kier alpha value is -5.06. The Morgan fingerprint density at radius 2 is 1.67 bits per heavy atom. The lowest BCUT2D eigenvalue weighted by atomic mass is 10.0. The van der Waals surface area contributed by atoms with E-state index in [0.29, 0.717) is 51.8 Å². The van der Waals surface area contributed by atoms with Crippen LogP contribution in [0.5, 0.6) is 23.0 Å². The molecule has 0 radical (unpaired) electrons. The van der Waals surface area contributed by atoms with Gasteiger partial charge in [-0.1, -0.05) is 11.8 Å². The number of nitrogens with zero attached hydrogens (tertiary/aromatic N) is 4. The third-order valence-corrected chi connectivity index (χ3v) is 6.59. The number of ether oxygens (including phenoxy) is 5. The Bertz CT molecular complexity index is 1700. The van der Waals surface area contributed by atoms with Crippen molar-refractivity contribution < 1.29 is 42.3 Å². The minimum atomic E-state index is -0.581. The Morgan fingerprint density at radius 3 is 2.23 bits per heavy atom. The van der Waals surface area contributed by atoms with Gasteiger partial charge >= 0.3 is 5.88 Å². The highest BCUT2D eigenvalue weighted by Crippen LogP contribution is 2.39. The number of hydrogen-bond donors (Lipinski definition) is 0. The SMILES string of the molecule is COCC#Cc1c(OC)ccc2c(C(=O)c3cc(OC)c(OC)c(OC)c3)nn(C[N+](C)(C)Cc3ccc([N+](=O)[O-])o3)c12. The number of benzene rings is 2. The third-order valence-electron chi connectivity index (χ3n) is 6.59. The molecule has 13 nitrogen and oxygen atoms in total. The average Bonchev–Trinajstić information content (AvgIpc) is 3.60. The van der Waals surface area contributed by atoms with E-state index in [1.807, 2.05) is 14.1 Å². The summed E-state index contributed by atoms with van der Waals surface area (Å²) >= 11 is 0. The highest BCUT2D eigenvalue weighted by atomic mass is 16.6. The second-order valence-corrected chi connectivity index (χ2v) is 10.1. The predicted octanol–water partition coefficient (Wildman–Crippen LogP) is 4.03. The number of aromatic nitrogens is 2. The van der Waals surface area contributed by atoms with Crippen molar-refractivity contribution >= 4 is 22.6 Å². The van der Waals surface area contributed by atoms with Crippen molar-refractivity contribution in [3.8, 4) is 34.8 Å². The van der Waals surface area contributed by atoms with Gasteiger partial charge in [-0.25, -0.2) is 4.68 Å². The highest BCUT2D eigenvalue weighted by Gasteiger charge is 2.28. The summed E-state index contributed by atoms with van der Waals surface area (Å²) in [7, 11) is 11.3. The topological polar surface area (TPSA) is 137 Å². The molecule has 0 aliphatic heterocycles. The molecule has 0 aliphatic carbocycles. The molecule has 0 amide bonds. The molecule has 4 aromatic rings. The number of rotatable bonds is 12. The molecule has 0 fully saturated rings. The van der Waals surface area contributed by atoms with Gasteiger partial charge in [0.05, 0.1) is 59.7 Å². The van der Waals surface area contributed by atoms with Gasteiger partial charge in [-0.15, -0.1) is 0 Å². The van der Waals surface area contributed by atoms with Gasteiger partial charge < -0.3 is 32.6 Å². The van der Waals surface area contributed by atoms with Crippen LogP contribution in [0, 0.1) is 22.0 Å². The van der Waals surface area contributed by atoms with Crippen molar-refractivity contribution in [1.29, 1.82) is 0 Å². The van der Waals surface area contributed by atoms with Crippen molar-refractivity contribution in [2.24, 2.45) is 0 Å². The zero-order chi connectivity index (χ0) is 31.3. The average molecular weight is 594 g/mol. The fourth-order valence-corrected chi connectivity index (χ4v) is 4.75. The van der Waals surface area contributed by atoms with E-state index in [9.17, 15) is 14.9 Å². The zero-order valence-electron chi connectivity index (χ0n) is 25.0. The van der Waals surface area contributed by atoms with Crippen molar-refractivity contribution in [3.05, 3.63) is 69.1 Å².